The van der Waals surface area contributed by atoms with Crippen LogP contribution in [-0.2, 0) is 4.74 Å². The van der Waals surface area contributed by atoms with Crippen LogP contribution in [0.5, 0.6) is 0 Å². The SMILES string of the molecule is COC1(C)CCCN(C2(CN)CCC(C)C2)C1. The van der Waals surface area contributed by atoms with Crippen molar-refractivity contribution < 1.29 is 4.74 Å². The molecule has 0 amide bonds. The zero-order valence-corrected chi connectivity index (χ0v) is 11.7. The maximum atomic E-state index is 6.11. The van der Waals surface area contributed by atoms with E-state index in [4.69, 9.17) is 10.5 Å². The first kappa shape index (κ1) is 13.3. The third-order valence-electron chi connectivity index (χ3n) is 5.03. The molecule has 1 saturated carbocycles. The predicted octanol–water partition coefficient (Wildman–Crippen LogP) is 2.00. The molecule has 0 aromatic carbocycles. The molecule has 0 aromatic rings. The van der Waals surface area contributed by atoms with Gasteiger partial charge < -0.3 is 10.5 Å². The lowest BCUT2D eigenvalue weighted by Gasteiger charge is -2.48. The Balaban J connectivity index is 2.10. The lowest BCUT2D eigenvalue weighted by molar-refractivity contribution is -0.0795. The van der Waals surface area contributed by atoms with Crippen molar-refractivity contribution in [3.8, 4) is 0 Å². The molecule has 1 aliphatic heterocycles. The highest BCUT2D eigenvalue weighted by molar-refractivity contribution is 5.01. The summed E-state index contributed by atoms with van der Waals surface area (Å²) in [6.07, 6.45) is 6.28. The van der Waals surface area contributed by atoms with Gasteiger partial charge in [0, 0.05) is 25.7 Å². The van der Waals surface area contributed by atoms with E-state index in [1.165, 1.54) is 38.6 Å². The van der Waals surface area contributed by atoms with Crippen LogP contribution in [-0.4, -0.2) is 42.8 Å². The van der Waals surface area contributed by atoms with Crippen LogP contribution in [0.1, 0.15) is 46.0 Å². The maximum Gasteiger partial charge on any atom is 0.0777 e. The van der Waals surface area contributed by atoms with Crippen LogP contribution in [0, 0.1) is 5.92 Å². The summed E-state index contributed by atoms with van der Waals surface area (Å²) in [5.41, 5.74) is 6.41. The molecule has 1 heterocycles. The van der Waals surface area contributed by atoms with Crippen molar-refractivity contribution in [2.45, 2.75) is 57.1 Å². The van der Waals surface area contributed by atoms with E-state index in [2.05, 4.69) is 18.7 Å². The van der Waals surface area contributed by atoms with E-state index < -0.39 is 0 Å². The molecule has 1 aliphatic carbocycles. The molecule has 100 valence electrons. The Morgan fingerprint density at radius 2 is 2.18 bits per heavy atom. The fourth-order valence-electron chi connectivity index (χ4n) is 3.75. The molecule has 0 spiro atoms. The Labute approximate surface area is 106 Å². The van der Waals surface area contributed by atoms with Gasteiger partial charge in [-0.2, -0.15) is 0 Å². The second-order valence-electron chi connectivity index (χ2n) is 6.46. The fraction of sp³-hybridized carbons (Fsp3) is 1.00. The minimum absolute atomic E-state index is 0.0340. The lowest BCUT2D eigenvalue weighted by atomic mass is 9.87. The zero-order valence-electron chi connectivity index (χ0n) is 11.7. The van der Waals surface area contributed by atoms with Crippen LogP contribution >= 0.6 is 0 Å². The summed E-state index contributed by atoms with van der Waals surface area (Å²) in [5, 5.41) is 0. The Morgan fingerprint density at radius 3 is 2.71 bits per heavy atom. The van der Waals surface area contributed by atoms with Crippen molar-refractivity contribution in [2.75, 3.05) is 26.7 Å². The second-order valence-corrected chi connectivity index (χ2v) is 6.46. The second kappa shape index (κ2) is 4.87. The molecule has 2 aliphatic rings. The van der Waals surface area contributed by atoms with Gasteiger partial charge >= 0.3 is 0 Å². The smallest absolute Gasteiger partial charge is 0.0777 e. The molecule has 3 atom stereocenters. The highest BCUT2D eigenvalue weighted by Gasteiger charge is 2.45. The number of methoxy groups -OCH3 is 1. The summed E-state index contributed by atoms with van der Waals surface area (Å²) in [4.78, 5) is 2.63. The van der Waals surface area contributed by atoms with Crippen LogP contribution in [0.4, 0.5) is 0 Å². The first-order chi connectivity index (χ1) is 8.03. The third-order valence-corrected chi connectivity index (χ3v) is 5.03. The Morgan fingerprint density at radius 1 is 1.41 bits per heavy atom. The molecule has 17 heavy (non-hydrogen) atoms. The molecule has 3 heteroatoms. The van der Waals surface area contributed by atoms with Crippen molar-refractivity contribution in [1.82, 2.24) is 4.90 Å². The Kier molecular flexibility index (Phi) is 3.81. The van der Waals surface area contributed by atoms with Crippen molar-refractivity contribution in [1.29, 1.82) is 0 Å². The van der Waals surface area contributed by atoms with E-state index in [1.54, 1.807) is 0 Å². The average Bonchev–Trinajstić information content (AvgIpc) is 2.72. The van der Waals surface area contributed by atoms with Crippen molar-refractivity contribution in [3.63, 3.8) is 0 Å². The zero-order chi connectivity index (χ0) is 12.5. The van der Waals surface area contributed by atoms with E-state index in [9.17, 15) is 0 Å². The van der Waals surface area contributed by atoms with E-state index >= 15 is 0 Å². The molecule has 3 unspecified atom stereocenters. The topological polar surface area (TPSA) is 38.5 Å². The predicted molar refractivity (Wildman–Crippen MR) is 71.0 cm³/mol. The lowest BCUT2D eigenvalue weighted by Crippen LogP contribution is -2.59. The van der Waals surface area contributed by atoms with E-state index in [1.807, 2.05) is 7.11 Å². The van der Waals surface area contributed by atoms with Gasteiger partial charge in [0.05, 0.1) is 5.60 Å². The van der Waals surface area contributed by atoms with E-state index in [0.717, 1.165) is 19.0 Å². The van der Waals surface area contributed by atoms with Crippen LogP contribution in [0.3, 0.4) is 0 Å². The molecule has 0 bridgehead atoms. The summed E-state index contributed by atoms with van der Waals surface area (Å²) in [5.74, 6) is 0.828. The minimum Gasteiger partial charge on any atom is -0.377 e. The summed E-state index contributed by atoms with van der Waals surface area (Å²) in [7, 11) is 1.84. The first-order valence-electron chi connectivity index (χ1n) is 7.04. The highest BCUT2D eigenvalue weighted by Crippen LogP contribution is 2.41. The number of hydrogen-bond acceptors (Lipinski definition) is 3. The number of piperidine rings is 1. The summed E-state index contributed by atoms with van der Waals surface area (Å²) in [6.45, 7) is 7.64. The van der Waals surface area contributed by atoms with Crippen molar-refractivity contribution in [2.24, 2.45) is 11.7 Å². The van der Waals surface area contributed by atoms with E-state index in [0.29, 0.717) is 0 Å². The van der Waals surface area contributed by atoms with Crippen LogP contribution in [0.15, 0.2) is 0 Å². The number of nitrogens with two attached hydrogens (primary N) is 1. The summed E-state index contributed by atoms with van der Waals surface area (Å²) in [6, 6.07) is 0. The van der Waals surface area contributed by atoms with Crippen molar-refractivity contribution in [3.05, 3.63) is 0 Å². The van der Waals surface area contributed by atoms with Gasteiger partial charge in [-0.25, -0.2) is 0 Å². The van der Waals surface area contributed by atoms with Gasteiger partial charge in [-0.3, -0.25) is 4.90 Å². The molecule has 1 saturated heterocycles. The standard InChI is InChI=1S/C14H28N2O/c1-12-5-7-14(9-12,10-15)16-8-4-6-13(2,11-16)17-3/h12H,4-11,15H2,1-3H3. The monoisotopic (exact) mass is 240 g/mol. The van der Waals surface area contributed by atoms with Gasteiger partial charge in [-0.05, 0) is 51.5 Å². The minimum atomic E-state index is 0.0340. The highest BCUT2D eigenvalue weighted by atomic mass is 16.5. The van der Waals surface area contributed by atoms with Crippen molar-refractivity contribution >= 4 is 0 Å². The maximum absolute atomic E-state index is 6.11. The van der Waals surface area contributed by atoms with Gasteiger partial charge in [0.1, 0.15) is 0 Å². The average molecular weight is 240 g/mol. The number of hydrogen-bond donors (Lipinski definition) is 1. The normalized spacial score (nSPS) is 44.1. The fourth-order valence-corrected chi connectivity index (χ4v) is 3.75. The van der Waals surface area contributed by atoms with Gasteiger partial charge in [-0.15, -0.1) is 0 Å². The van der Waals surface area contributed by atoms with E-state index in [-0.39, 0.29) is 11.1 Å². The molecule has 3 nitrogen and oxygen atoms in total. The Hall–Kier alpha value is -0.120. The molecule has 2 N–H and O–H groups in total. The Bertz CT molecular complexity index is 271. The van der Waals surface area contributed by atoms with Crippen LogP contribution in [0.25, 0.3) is 0 Å². The number of rotatable bonds is 3. The van der Waals surface area contributed by atoms with Gasteiger partial charge in [-0.1, -0.05) is 6.92 Å². The molecule has 0 radical (unpaired) electrons. The van der Waals surface area contributed by atoms with Crippen LogP contribution < -0.4 is 5.73 Å². The van der Waals surface area contributed by atoms with Gasteiger partial charge in [0.15, 0.2) is 0 Å². The molecular formula is C14H28N2O. The molecule has 2 rings (SSSR count). The number of ether oxygens (including phenoxy) is 1. The first-order valence-corrected chi connectivity index (χ1v) is 7.04. The van der Waals surface area contributed by atoms with Gasteiger partial charge in [0.25, 0.3) is 0 Å². The third kappa shape index (κ3) is 2.51. The molecule has 0 aromatic heterocycles. The quantitative estimate of drug-likeness (QED) is 0.820. The number of likely N-dealkylation sites (tertiary alicyclic amines) is 1. The summed E-state index contributed by atoms with van der Waals surface area (Å²) >= 11 is 0. The van der Waals surface area contributed by atoms with Gasteiger partial charge in [0.2, 0.25) is 0 Å². The van der Waals surface area contributed by atoms with Crippen LogP contribution in [0.2, 0.25) is 0 Å². The number of nitrogens with zero attached hydrogens (tertiary/aromatic N) is 1. The largest absolute Gasteiger partial charge is 0.377 e. The molecule has 2 fully saturated rings. The molecular weight excluding hydrogens is 212 g/mol. The summed E-state index contributed by atoms with van der Waals surface area (Å²) < 4.78 is 5.70.